The SMILES string of the molecule is Clc1cnc(Nc2ccc(C3CNCCO3)cc2)nc1. The van der Waals surface area contributed by atoms with Crippen molar-refractivity contribution in [3.63, 3.8) is 0 Å². The normalized spacial score (nSPS) is 18.8. The predicted molar refractivity (Wildman–Crippen MR) is 78.3 cm³/mol. The highest BCUT2D eigenvalue weighted by Gasteiger charge is 2.15. The van der Waals surface area contributed by atoms with E-state index in [1.807, 2.05) is 12.1 Å². The lowest BCUT2D eigenvalue weighted by Crippen LogP contribution is -2.33. The minimum atomic E-state index is 0.129. The van der Waals surface area contributed by atoms with Gasteiger partial charge in [-0.2, -0.15) is 0 Å². The minimum Gasteiger partial charge on any atom is -0.371 e. The zero-order chi connectivity index (χ0) is 13.8. The summed E-state index contributed by atoms with van der Waals surface area (Å²) in [6.07, 6.45) is 3.25. The smallest absolute Gasteiger partial charge is 0.227 e. The van der Waals surface area contributed by atoms with Gasteiger partial charge in [0.15, 0.2) is 0 Å². The number of hydrogen-bond acceptors (Lipinski definition) is 5. The maximum Gasteiger partial charge on any atom is 0.227 e. The fourth-order valence-electron chi connectivity index (χ4n) is 2.07. The van der Waals surface area contributed by atoms with E-state index in [1.54, 1.807) is 12.4 Å². The molecule has 0 amide bonds. The number of hydrogen-bond donors (Lipinski definition) is 2. The van der Waals surface area contributed by atoms with E-state index in [-0.39, 0.29) is 6.10 Å². The lowest BCUT2D eigenvalue weighted by Gasteiger charge is -2.24. The third kappa shape index (κ3) is 3.25. The van der Waals surface area contributed by atoms with Crippen molar-refractivity contribution >= 4 is 23.2 Å². The van der Waals surface area contributed by atoms with Crippen molar-refractivity contribution in [3.05, 3.63) is 47.2 Å². The summed E-state index contributed by atoms with van der Waals surface area (Å²) in [5, 5.41) is 6.97. The molecule has 0 radical (unpaired) electrons. The van der Waals surface area contributed by atoms with Crippen LogP contribution in [0.4, 0.5) is 11.6 Å². The van der Waals surface area contributed by atoms with Gasteiger partial charge in [-0.3, -0.25) is 0 Å². The first kappa shape index (κ1) is 13.3. The molecule has 2 aromatic rings. The summed E-state index contributed by atoms with van der Waals surface area (Å²) in [6, 6.07) is 8.09. The van der Waals surface area contributed by atoms with Crippen molar-refractivity contribution in [1.82, 2.24) is 15.3 Å². The molecule has 1 aliphatic heterocycles. The largest absolute Gasteiger partial charge is 0.371 e. The van der Waals surface area contributed by atoms with Gasteiger partial charge in [-0.15, -0.1) is 0 Å². The molecule has 1 fully saturated rings. The van der Waals surface area contributed by atoms with Gasteiger partial charge in [0.2, 0.25) is 5.95 Å². The third-order valence-electron chi connectivity index (χ3n) is 3.09. The van der Waals surface area contributed by atoms with Crippen molar-refractivity contribution in [2.45, 2.75) is 6.10 Å². The number of nitrogens with one attached hydrogen (secondary N) is 2. The highest BCUT2D eigenvalue weighted by Crippen LogP contribution is 2.21. The molecule has 6 heteroatoms. The maximum absolute atomic E-state index is 5.75. The average Bonchev–Trinajstić information content (AvgIpc) is 2.51. The number of halogens is 1. The number of anilines is 2. The van der Waals surface area contributed by atoms with Crippen LogP contribution < -0.4 is 10.6 Å². The number of rotatable bonds is 3. The summed E-state index contributed by atoms with van der Waals surface area (Å²) >= 11 is 5.75. The van der Waals surface area contributed by atoms with E-state index in [0.29, 0.717) is 11.0 Å². The summed E-state index contributed by atoms with van der Waals surface area (Å²) < 4.78 is 5.71. The summed E-state index contributed by atoms with van der Waals surface area (Å²) in [4.78, 5) is 8.19. The second kappa shape index (κ2) is 6.17. The van der Waals surface area contributed by atoms with Gasteiger partial charge in [0.1, 0.15) is 0 Å². The zero-order valence-electron chi connectivity index (χ0n) is 10.8. The summed E-state index contributed by atoms with van der Waals surface area (Å²) in [7, 11) is 0. The van der Waals surface area contributed by atoms with Crippen LogP contribution in [0.5, 0.6) is 0 Å². The fourth-order valence-corrected chi connectivity index (χ4v) is 2.16. The van der Waals surface area contributed by atoms with Crippen LogP contribution >= 0.6 is 11.6 Å². The maximum atomic E-state index is 5.75. The molecule has 0 spiro atoms. The van der Waals surface area contributed by atoms with Crippen LogP contribution in [-0.4, -0.2) is 29.7 Å². The molecule has 1 aromatic heterocycles. The van der Waals surface area contributed by atoms with Crippen molar-refractivity contribution in [1.29, 1.82) is 0 Å². The zero-order valence-corrected chi connectivity index (χ0v) is 11.6. The molecule has 0 bridgehead atoms. The number of morpholine rings is 1. The lowest BCUT2D eigenvalue weighted by atomic mass is 10.1. The standard InChI is InChI=1S/C14H15ClN4O/c15-11-7-17-14(18-8-11)19-12-3-1-10(2-4-12)13-9-16-5-6-20-13/h1-4,7-8,13,16H,5-6,9H2,(H,17,18,19). The Morgan fingerprint density at radius 3 is 2.60 bits per heavy atom. The molecule has 2 heterocycles. The van der Waals surface area contributed by atoms with Gasteiger partial charge in [-0.1, -0.05) is 23.7 Å². The molecule has 0 aliphatic carbocycles. The Morgan fingerprint density at radius 1 is 1.20 bits per heavy atom. The van der Waals surface area contributed by atoms with Gasteiger partial charge >= 0.3 is 0 Å². The molecule has 1 unspecified atom stereocenters. The van der Waals surface area contributed by atoms with Crippen LogP contribution in [-0.2, 0) is 4.74 Å². The molecule has 104 valence electrons. The Kier molecular flexibility index (Phi) is 4.11. The van der Waals surface area contributed by atoms with Crippen LogP contribution in [0, 0.1) is 0 Å². The van der Waals surface area contributed by atoms with Crippen LogP contribution in [0.15, 0.2) is 36.7 Å². The Balaban J connectivity index is 1.67. The molecule has 1 saturated heterocycles. The number of ether oxygens (including phenoxy) is 1. The van der Waals surface area contributed by atoms with Gasteiger partial charge in [0, 0.05) is 18.8 Å². The van der Waals surface area contributed by atoms with Crippen LogP contribution in [0.3, 0.4) is 0 Å². The topological polar surface area (TPSA) is 59.1 Å². The monoisotopic (exact) mass is 290 g/mol. The fraction of sp³-hybridized carbons (Fsp3) is 0.286. The first-order chi connectivity index (χ1) is 9.81. The van der Waals surface area contributed by atoms with E-state index in [9.17, 15) is 0 Å². The van der Waals surface area contributed by atoms with Crippen molar-refractivity contribution in [2.75, 3.05) is 25.0 Å². The molecular weight excluding hydrogens is 276 g/mol. The number of nitrogens with zero attached hydrogens (tertiary/aromatic N) is 2. The first-order valence-electron chi connectivity index (χ1n) is 6.48. The lowest BCUT2D eigenvalue weighted by molar-refractivity contribution is 0.0277. The summed E-state index contributed by atoms with van der Waals surface area (Å²) in [5.41, 5.74) is 2.10. The van der Waals surface area contributed by atoms with E-state index in [0.717, 1.165) is 25.4 Å². The minimum absolute atomic E-state index is 0.129. The predicted octanol–water partition coefficient (Wildman–Crippen LogP) is 2.53. The van der Waals surface area contributed by atoms with E-state index >= 15 is 0 Å². The Bertz CT molecular complexity index is 552. The van der Waals surface area contributed by atoms with Crippen molar-refractivity contribution in [2.24, 2.45) is 0 Å². The molecule has 0 saturated carbocycles. The molecule has 1 aromatic carbocycles. The van der Waals surface area contributed by atoms with Crippen LogP contribution in [0.2, 0.25) is 5.02 Å². The molecule has 1 aliphatic rings. The third-order valence-corrected chi connectivity index (χ3v) is 3.28. The first-order valence-corrected chi connectivity index (χ1v) is 6.86. The molecule has 2 N–H and O–H groups in total. The van der Waals surface area contributed by atoms with Crippen molar-refractivity contribution < 1.29 is 4.74 Å². The van der Waals surface area contributed by atoms with Gasteiger partial charge in [-0.25, -0.2) is 9.97 Å². The van der Waals surface area contributed by atoms with Gasteiger partial charge < -0.3 is 15.4 Å². The Labute approximate surface area is 122 Å². The van der Waals surface area contributed by atoms with Gasteiger partial charge in [0.05, 0.1) is 30.1 Å². The number of aromatic nitrogens is 2. The average molecular weight is 291 g/mol. The van der Waals surface area contributed by atoms with Crippen molar-refractivity contribution in [3.8, 4) is 0 Å². The molecule has 20 heavy (non-hydrogen) atoms. The summed E-state index contributed by atoms with van der Waals surface area (Å²) in [6.45, 7) is 2.53. The highest BCUT2D eigenvalue weighted by atomic mass is 35.5. The molecule has 5 nitrogen and oxygen atoms in total. The molecular formula is C14H15ClN4O. The second-order valence-electron chi connectivity index (χ2n) is 4.54. The second-order valence-corrected chi connectivity index (χ2v) is 4.97. The van der Waals surface area contributed by atoms with Gasteiger partial charge in [-0.05, 0) is 17.7 Å². The Hall–Kier alpha value is -1.69. The van der Waals surface area contributed by atoms with E-state index < -0.39 is 0 Å². The van der Waals surface area contributed by atoms with E-state index in [1.165, 1.54) is 5.56 Å². The highest BCUT2D eigenvalue weighted by molar-refractivity contribution is 6.30. The number of benzene rings is 1. The molecule has 1 atom stereocenters. The van der Waals surface area contributed by atoms with Crippen LogP contribution in [0.1, 0.15) is 11.7 Å². The summed E-state index contributed by atoms with van der Waals surface area (Å²) in [5.74, 6) is 0.526. The van der Waals surface area contributed by atoms with E-state index in [4.69, 9.17) is 16.3 Å². The van der Waals surface area contributed by atoms with Gasteiger partial charge in [0.25, 0.3) is 0 Å². The van der Waals surface area contributed by atoms with E-state index in [2.05, 4.69) is 32.7 Å². The Morgan fingerprint density at radius 2 is 1.95 bits per heavy atom. The molecule has 3 rings (SSSR count). The quantitative estimate of drug-likeness (QED) is 0.910. The van der Waals surface area contributed by atoms with Crippen LogP contribution in [0.25, 0.3) is 0 Å².